The molecule has 102 valence electrons. The molecule has 0 rings (SSSR count). The molecular formula is C9H17Cl2O5P. The van der Waals surface area contributed by atoms with Crippen LogP contribution >= 0.6 is 30.8 Å². The number of carbonyl (C=O) groups excluding carboxylic acids is 1. The molecule has 0 aromatic heterocycles. The van der Waals surface area contributed by atoms with Crippen LogP contribution in [0.5, 0.6) is 0 Å². The highest BCUT2D eigenvalue weighted by molar-refractivity contribution is 7.61. The number of rotatable bonds is 8. The number of hydrogen-bond donors (Lipinski definition) is 0. The van der Waals surface area contributed by atoms with Crippen molar-refractivity contribution in [2.75, 3.05) is 19.8 Å². The van der Waals surface area contributed by atoms with Crippen LogP contribution in [0.15, 0.2) is 0 Å². The van der Waals surface area contributed by atoms with Gasteiger partial charge in [-0.2, -0.15) is 0 Å². The molecule has 0 radical (unpaired) electrons. The van der Waals surface area contributed by atoms with Crippen molar-refractivity contribution in [3.63, 3.8) is 0 Å². The van der Waals surface area contributed by atoms with Crippen LogP contribution in [0.1, 0.15) is 27.2 Å². The lowest BCUT2D eigenvalue weighted by atomic mass is 10.5. The van der Waals surface area contributed by atoms with Crippen LogP contribution < -0.4 is 0 Å². The molecule has 0 bridgehead atoms. The van der Waals surface area contributed by atoms with E-state index in [1.54, 1.807) is 13.8 Å². The molecule has 0 fully saturated rings. The minimum atomic E-state index is -3.96. The Bertz CT molecular complexity index is 285. The predicted molar refractivity (Wildman–Crippen MR) is 66.5 cm³/mol. The van der Waals surface area contributed by atoms with Crippen molar-refractivity contribution in [3.05, 3.63) is 0 Å². The van der Waals surface area contributed by atoms with E-state index in [4.69, 9.17) is 37.0 Å². The lowest BCUT2D eigenvalue weighted by molar-refractivity contribution is -0.142. The van der Waals surface area contributed by atoms with E-state index in [1.165, 1.54) is 0 Å². The zero-order valence-electron chi connectivity index (χ0n) is 10.1. The SMILES string of the molecule is CCCOC(=O)C(Cl)(Cl)P(=O)(OCC)OCC. The Kier molecular flexibility index (Phi) is 7.68. The first-order valence-corrected chi connectivity index (χ1v) is 7.59. The van der Waals surface area contributed by atoms with Crippen molar-refractivity contribution in [2.24, 2.45) is 0 Å². The molecule has 5 nitrogen and oxygen atoms in total. The number of ether oxygens (including phenoxy) is 1. The monoisotopic (exact) mass is 306 g/mol. The van der Waals surface area contributed by atoms with Gasteiger partial charge in [0.05, 0.1) is 19.8 Å². The average Bonchev–Trinajstić information content (AvgIpc) is 2.26. The number of esters is 1. The van der Waals surface area contributed by atoms with Gasteiger partial charge in [0.15, 0.2) is 0 Å². The van der Waals surface area contributed by atoms with Gasteiger partial charge in [-0.25, -0.2) is 4.79 Å². The maximum Gasteiger partial charge on any atom is 0.378 e. The van der Waals surface area contributed by atoms with E-state index in [2.05, 4.69) is 0 Å². The van der Waals surface area contributed by atoms with Gasteiger partial charge in [0, 0.05) is 0 Å². The van der Waals surface area contributed by atoms with Crippen LogP contribution in [-0.2, 0) is 23.1 Å². The lowest BCUT2D eigenvalue weighted by Gasteiger charge is -2.26. The Morgan fingerprint density at radius 3 is 2.00 bits per heavy atom. The van der Waals surface area contributed by atoms with Crippen LogP contribution in [0.3, 0.4) is 0 Å². The molecule has 0 aromatic rings. The summed E-state index contributed by atoms with van der Waals surface area (Å²) in [5, 5.41) is 0. The van der Waals surface area contributed by atoms with Crippen molar-refractivity contribution in [1.29, 1.82) is 0 Å². The highest BCUT2D eigenvalue weighted by atomic mass is 35.5. The van der Waals surface area contributed by atoms with Gasteiger partial charge in [-0.05, 0) is 20.3 Å². The zero-order chi connectivity index (χ0) is 13.5. The van der Waals surface area contributed by atoms with Crippen molar-refractivity contribution in [3.8, 4) is 0 Å². The largest absolute Gasteiger partial charge is 0.463 e. The van der Waals surface area contributed by atoms with E-state index < -0.39 is 17.6 Å². The maximum absolute atomic E-state index is 12.2. The predicted octanol–water partition coefficient (Wildman–Crippen LogP) is 3.34. The third-order valence-electron chi connectivity index (χ3n) is 1.62. The maximum atomic E-state index is 12.2. The van der Waals surface area contributed by atoms with Crippen molar-refractivity contribution < 1.29 is 23.1 Å². The highest BCUT2D eigenvalue weighted by Gasteiger charge is 2.56. The summed E-state index contributed by atoms with van der Waals surface area (Å²) in [6.07, 6.45) is 0.600. The first-order chi connectivity index (χ1) is 7.85. The van der Waals surface area contributed by atoms with Gasteiger partial charge < -0.3 is 13.8 Å². The van der Waals surface area contributed by atoms with Crippen molar-refractivity contribution >= 4 is 36.8 Å². The Labute approximate surface area is 111 Å². The molecule has 17 heavy (non-hydrogen) atoms. The second-order valence-corrected chi connectivity index (χ2v) is 7.05. The highest BCUT2D eigenvalue weighted by Crippen LogP contribution is 2.64. The molecule has 0 unspecified atom stereocenters. The first-order valence-electron chi connectivity index (χ1n) is 5.29. The standard InChI is InChI=1S/C9H17Cl2O5P/c1-4-7-14-8(12)9(10,11)17(13,15-5-2)16-6-3/h4-7H2,1-3H3. The van der Waals surface area contributed by atoms with Gasteiger partial charge >= 0.3 is 17.6 Å². The van der Waals surface area contributed by atoms with Gasteiger partial charge in [-0.15, -0.1) is 0 Å². The number of halogens is 2. The minimum absolute atomic E-state index is 0.0551. The molecule has 0 saturated carbocycles. The molecule has 0 spiro atoms. The molecular weight excluding hydrogens is 290 g/mol. The quantitative estimate of drug-likeness (QED) is 0.391. The third-order valence-corrected chi connectivity index (χ3v) is 5.24. The van der Waals surface area contributed by atoms with Gasteiger partial charge in [0.2, 0.25) is 0 Å². The summed E-state index contributed by atoms with van der Waals surface area (Å²) in [6, 6.07) is 0. The number of hydrogen-bond acceptors (Lipinski definition) is 5. The Hall–Kier alpha value is 0.200. The summed E-state index contributed by atoms with van der Waals surface area (Å²) >= 11 is 11.5. The van der Waals surface area contributed by atoms with E-state index >= 15 is 0 Å². The summed E-state index contributed by atoms with van der Waals surface area (Å²) in [7, 11) is -3.96. The molecule has 0 amide bonds. The third kappa shape index (κ3) is 4.42. The molecule has 0 heterocycles. The topological polar surface area (TPSA) is 61.8 Å². The molecule has 0 aliphatic heterocycles. The van der Waals surface area contributed by atoms with Gasteiger partial charge in [-0.1, -0.05) is 30.1 Å². The summed E-state index contributed by atoms with van der Waals surface area (Å²) in [6.45, 7) is 5.24. The van der Waals surface area contributed by atoms with E-state index in [0.29, 0.717) is 6.42 Å². The van der Waals surface area contributed by atoms with E-state index in [9.17, 15) is 9.36 Å². The van der Waals surface area contributed by atoms with E-state index in [0.717, 1.165) is 0 Å². The molecule has 8 heteroatoms. The fourth-order valence-corrected chi connectivity index (χ4v) is 2.99. The smallest absolute Gasteiger partial charge is 0.378 e. The summed E-state index contributed by atoms with van der Waals surface area (Å²) in [4.78, 5) is 11.6. The fourth-order valence-electron chi connectivity index (χ4n) is 0.933. The minimum Gasteiger partial charge on any atom is -0.463 e. The van der Waals surface area contributed by atoms with Gasteiger partial charge in [-0.3, -0.25) is 4.57 Å². The van der Waals surface area contributed by atoms with Gasteiger partial charge in [0.1, 0.15) is 0 Å². The van der Waals surface area contributed by atoms with Crippen molar-refractivity contribution in [1.82, 2.24) is 0 Å². The second kappa shape index (κ2) is 7.59. The fraction of sp³-hybridized carbons (Fsp3) is 0.889. The van der Waals surface area contributed by atoms with Crippen LogP contribution in [0.4, 0.5) is 0 Å². The summed E-state index contributed by atoms with van der Waals surface area (Å²) in [5.41, 5.74) is 0. The van der Waals surface area contributed by atoms with Gasteiger partial charge in [0.25, 0.3) is 0 Å². The number of alkyl halides is 2. The molecule has 0 aliphatic rings. The summed E-state index contributed by atoms with van der Waals surface area (Å²) < 4.78 is 24.5. The van der Waals surface area contributed by atoms with Crippen LogP contribution in [-0.4, -0.2) is 29.9 Å². The Morgan fingerprint density at radius 1 is 1.18 bits per heavy atom. The van der Waals surface area contributed by atoms with Crippen LogP contribution in [0, 0.1) is 0 Å². The average molecular weight is 307 g/mol. The first kappa shape index (κ1) is 17.2. The van der Waals surface area contributed by atoms with Crippen LogP contribution in [0.2, 0.25) is 0 Å². The Morgan fingerprint density at radius 2 is 1.65 bits per heavy atom. The molecule has 0 aromatic carbocycles. The Balaban J connectivity index is 4.93. The van der Waals surface area contributed by atoms with Crippen molar-refractivity contribution in [2.45, 2.75) is 31.3 Å². The molecule has 0 aliphatic carbocycles. The second-order valence-electron chi connectivity index (χ2n) is 3.01. The zero-order valence-corrected chi connectivity index (χ0v) is 12.5. The molecule has 0 atom stereocenters. The molecule has 0 saturated heterocycles. The summed E-state index contributed by atoms with van der Waals surface area (Å²) in [5.74, 6) is -1.02. The van der Waals surface area contributed by atoms with E-state index in [1.807, 2.05) is 6.92 Å². The lowest BCUT2D eigenvalue weighted by Crippen LogP contribution is -2.30. The number of carbonyl (C=O) groups is 1. The molecule has 0 N–H and O–H groups in total. The van der Waals surface area contributed by atoms with E-state index in [-0.39, 0.29) is 19.8 Å². The normalized spacial score (nSPS) is 12.5. The van der Waals surface area contributed by atoms with Crippen LogP contribution in [0.25, 0.3) is 0 Å².